The van der Waals surface area contributed by atoms with Crippen LogP contribution in [0.2, 0.25) is 0 Å². The Labute approximate surface area is 654 Å². The molecule has 7 rings (SSSR count). The number of aliphatic hydroxyl groups is 5. The predicted octanol–water partition coefficient (Wildman–Crippen LogP) is 4.54. The first-order chi connectivity index (χ1) is 51.2. The Morgan fingerprint density at radius 1 is 0.776 bits per heavy atom. The number of carbonyl (C=O) groups excluding carboxylic acids is 3. The summed E-state index contributed by atoms with van der Waals surface area (Å²) in [5.41, 5.74) is 7.40. The van der Waals surface area contributed by atoms with Gasteiger partial charge in [-0.25, -0.2) is 0 Å². The Bertz CT molecular complexity index is 3210. The zero-order valence-electron chi connectivity index (χ0n) is 63.6. The Kier molecular flexibility index (Phi) is 38.8. The molecule has 604 valence electrons. The summed E-state index contributed by atoms with van der Waals surface area (Å²) in [5, 5.41) is 57.7. The van der Waals surface area contributed by atoms with Gasteiger partial charge in [0.05, 0.1) is 157 Å². The Morgan fingerprint density at radius 3 is 1.99 bits per heavy atom. The number of nitrogens with zero attached hydrogens (tertiary/aromatic N) is 1. The number of hydrogen-bond acceptors (Lipinski definition) is 32. The van der Waals surface area contributed by atoms with Crippen molar-refractivity contribution < 1.29 is 125 Å². The number of likely N-dealkylation sites (N-methyl/N-ethyl adjacent to an activating group) is 1. The summed E-state index contributed by atoms with van der Waals surface area (Å²) in [6.07, 6.45) is -12.3. The number of aliphatic hydroxyl groups excluding tert-OH is 4. The van der Waals surface area contributed by atoms with Gasteiger partial charge in [0, 0.05) is 80.4 Å². The van der Waals surface area contributed by atoms with Gasteiger partial charge < -0.3 is 112 Å². The van der Waals surface area contributed by atoms with Gasteiger partial charge >= 0.3 is 0 Å². The minimum Gasteiger partial charge on any atom is -0.492 e. The molecule has 6 aliphatic rings. The number of hydroxylamine groups is 1. The second-order valence-corrected chi connectivity index (χ2v) is 32.6. The molecular formula is C74H112IN3O26S3. The number of nitrogens with two attached hydrogens (primary N) is 1. The highest BCUT2D eigenvalue weighted by molar-refractivity contribution is 14.1. The molecule has 2 bridgehead atoms. The molecule has 1 aromatic rings. The van der Waals surface area contributed by atoms with E-state index >= 15 is 0 Å². The summed E-state index contributed by atoms with van der Waals surface area (Å²) < 4.78 is 103. The van der Waals surface area contributed by atoms with Crippen LogP contribution in [-0.2, 0) is 80.7 Å². The number of ether oxygens (including phenoxy) is 17. The Balaban J connectivity index is 1.04. The quantitative estimate of drug-likeness (QED) is 0.0155. The third-order valence-corrected chi connectivity index (χ3v) is 24.2. The first kappa shape index (κ1) is 91.0. The lowest BCUT2D eigenvalue weighted by atomic mass is 9.72. The van der Waals surface area contributed by atoms with Gasteiger partial charge in [0.15, 0.2) is 41.8 Å². The number of hydrogen-bond donors (Lipinski definition) is 7. The van der Waals surface area contributed by atoms with Crippen LogP contribution >= 0.6 is 55.9 Å². The Hall–Kier alpha value is -3.17. The lowest BCUT2D eigenvalue weighted by Gasteiger charge is -2.47. The second-order valence-electron chi connectivity index (χ2n) is 27.2. The van der Waals surface area contributed by atoms with Crippen LogP contribution < -0.4 is 25.4 Å². The number of methoxy groups -OCH3 is 4. The third kappa shape index (κ3) is 26.2. The van der Waals surface area contributed by atoms with Crippen LogP contribution in [0, 0.1) is 34.2 Å². The van der Waals surface area contributed by atoms with E-state index in [0.29, 0.717) is 120 Å². The molecule has 0 amide bonds. The van der Waals surface area contributed by atoms with E-state index in [2.05, 4.69) is 61.8 Å². The SMILES string of the molecule is CCN(CCCOCCOCCOCCOCCOCCOCCN)[C@H]1CO[C@@H](O[C@H]2[C@H](O[C@H]3C#C/C=C\C#C[C@]4(O)CC(=O)C(CC(C)=O)=C3/C4=C\CSSC(C)(C)C)O[C@H](C)[C@@H](NO[C@H]3C[C@H](O)[C@H](SC(=O)c4c(C)c(I)c(O[C@@H]5O[C@@H](C)[C@H](O)[C@@H](OC)[C@H]5O)c(OC)c4OC)[C@@H](C)O3)[C@@H]2O)C[C@@H]1OC. The van der Waals surface area contributed by atoms with E-state index in [4.69, 9.17) is 91.1 Å². The van der Waals surface area contributed by atoms with Gasteiger partial charge in [-0.05, 0) is 87.9 Å². The van der Waals surface area contributed by atoms with Crippen LogP contribution in [0.1, 0.15) is 103 Å². The number of benzene rings is 1. The molecule has 0 unspecified atom stereocenters. The number of allylic oxidation sites excluding steroid dienone is 3. The fourth-order valence-corrected chi connectivity index (χ4v) is 16.8. The van der Waals surface area contributed by atoms with Crippen molar-refractivity contribution in [3.8, 4) is 40.9 Å². The fourth-order valence-electron chi connectivity index (χ4n) is 12.9. The van der Waals surface area contributed by atoms with Gasteiger partial charge in [0.25, 0.3) is 0 Å². The average molecular weight is 1680 g/mol. The summed E-state index contributed by atoms with van der Waals surface area (Å²) >= 11 is 2.84. The van der Waals surface area contributed by atoms with Crippen LogP contribution in [0.3, 0.4) is 0 Å². The molecule has 0 saturated carbocycles. The molecule has 0 radical (unpaired) electrons. The topological polar surface area (TPSA) is 360 Å². The van der Waals surface area contributed by atoms with Gasteiger partial charge in [-0.1, -0.05) is 90.8 Å². The third-order valence-electron chi connectivity index (χ3n) is 18.3. The lowest BCUT2D eigenvalue weighted by Crippen LogP contribution is -2.65. The van der Waals surface area contributed by atoms with Crippen molar-refractivity contribution in [3.05, 3.63) is 49.6 Å². The van der Waals surface area contributed by atoms with Crippen LogP contribution in [0.4, 0.5) is 0 Å². The molecule has 4 fully saturated rings. The zero-order chi connectivity index (χ0) is 78.0. The lowest BCUT2D eigenvalue weighted by molar-refractivity contribution is -0.337. The Morgan fingerprint density at radius 2 is 1.40 bits per heavy atom. The largest absolute Gasteiger partial charge is 0.492 e. The van der Waals surface area contributed by atoms with Gasteiger partial charge in [-0.15, -0.1) is 0 Å². The molecule has 29 nitrogen and oxygen atoms in total. The van der Waals surface area contributed by atoms with Gasteiger partial charge in [0.1, 0.15) is 42.4 Å². The molecule has 107 heavy (non-hydrogen) atoms. The standard InChI is InChI=1S/C74H112IN3O26S3/c1-14-78(24-19-25-91-27-29-93-31-33-95-35-36-96-34-32-94-30-28-92-26-23-76)50-42-97-55(40-54(50)87-10)102-67-62(83)60(45(4)99-72(67)101-53-20-17-15-16-18-22-74(86)41-52(81)48(38-43(2)79)58(53)49(74)21-37-105-107-73(7,8)9)77-104-56-39-51(80)69(47(6)98-56)106-70(85)57-44(3)59(75)65(68(90-13)64(57)88-11)103-71-63(84)66(89-12)61(82)46(5)100-71/h15-16,21,45-47,50-51,53-56,60-63,66-67,69,71-72,77,80,82-84,86H,14,19,23-42,76H2,1-13H3/b16-15-,49-21+/t45-,46+,47-,50+,51+,53+,54+,55+,56+,60-,61+,62+,63-,66-,67-,69-,71+,72+,74+/m1/s1. The second kappa shape index (κ2) is 45.7. The van der Waals surface area contributed by atoms with E-state index in [1.165, 1.54) is 51.2 Å². The first-order valence-corrected chi connectivity index (χ1v) is 40.5. The van der Waals surface area contributed by atoms with Crippen molar-refractivity contribution in [1.82, 2.24) is 10.4 Å². The van der Waals surface area contributed by atoms with Crippen molar-refractivity contribution >= 4 is 72.6 Å². The molecule has 0 aromatic heterocycles. The van der Waals surface area contributed by atoms with E-state index in [9.17, 15) is 39.9 Å². The van der Waals surface area contributed by atoms with E-state index in [1.54, 1.807) is 51.7 Å². The van der Waals surface area contributed by atoms with Crippen LogP contribution in [0.15, 0.2) is 34.9 Å². The van der Waals surface area contributed by atoms with Crippen molar-refractivity contribution in [2.75, 3.05) is 140 Å². The summed E-state index contributed by atoms with van der Waals surface area (Å²) in [7, 11) is 8.87. The molecule has 33 heteroatoms. The zero-order valence-corrected chi connectivity index (χ0v) is 68.2. The predicted molar refractivity (Wildman–Crippen MR) is 408 cm³/mol. The van der Waals surface area contributed by atoms with Crippen molar-refractivity contribution in [1.29, 1.82) is 0 Å². The summed E-state index contributed by atoms with van der Waals surface area (Å²) in [5.74, 6) is 11.5. The van der Waals surface area contributed by atoms with E-state index in [0.717, 1.165) is 11.8 Å². The maximum Gasteiger partial charge on any atom is 0.229 e. The number of thioether (sulfide) groups is 1. The number of carbonyl (C=O) groups is 3. The first-order valence-electron chi connectivity index (χ1n) is 36.2. The molecule has 4 aliphatic heterocycles. The number of ketones is 2. The van der Waals surface area contributed by atoms with Gasteiger partial charge in [-0.2, -0.15) is 5.48 Å². The normalized spacial score (nSPS) is 31.1. The molecule has 8 N–H and O–H groups in total. The minimum absolute atomic E-state index is 0.0238. The maximum atomic E-state index is 14.6. The molecule has 2 aliphatic carbocycles. The monoisotopic (exact) mass is 1680 g/mol. The van der Waals surface area contributed by atoms with Crippen LogP contribution in [0.5, 0.6) is 17.2 Å². The number of Topliss-reactive ketones (excluding diaryl/α,β-unsaturated/α-hetero) is 2. The molecule has 4 heterocycles. The molecule has 0 spiro atoms. The van der Waals surface area contributed by atoms with Crippen molar-refractivity contribution in [3.63, 3.8) is 0 Å². The summed E-state index contributed by atoms with van der Waals surface area (Å²) in [4.78, 5) is 50.6. The van der Waals surface area contributed by atoms with Gasteiger partial charge in [0.2, 0.25) is 17.2 Å². The van der Waals surface area contributed by atoms with Crippen LogP contribution in [-0.4, -0.2) is 307 Å². The smallest absolute Gasteiger partial charge is 0.229 e. The number of halogens is 1. The minimum atomic E-state index is -2.02. The van der Waals surface area contributed by atoms with Gasteiger partial charge in [-0.3, -0.25) is 24.1 Å². The van der Waals surface area contributed by atoms with Crippen LogP contribution in [0.25, 0.3) is 0 Å². The average Bonchev–Trinajstić information content (AvgIpc) is 0.760. The number of nitrogens with one attached hydrogen (secondary N) is 1. The van der Waals surface area contributed by atoms with E-state index in [-0.39, 0.29) is 82.0 Å². The number of fused-ring (bicyclic) bond motifs is 2. The number of rotatable bonds is 43. The molecule has 4 saturated heterocycles. The van der Waals surface area contributed by atoms with Crippen molar-refractivity contribution in [2.45, 2.75) is 214 Å². The molecule has 1 aromatic carbocycles. The highest BCUT2D eigenvalue weighted by atomic mass is 127. The summed E-state index contributed by atoms with van der Waals surface area (Å²) in [6.45, 7) is 23.8. The highest BCUT2D eigenvalue weighted by Crippen LogP contribution is 2.49. The molecular weight excluding hydrogens is 1570 g/mol. The van der Waals surface area contributed by atoms with E-state index in [1.807, 2.05) is 22.6 Å². The molecule has 19 atom stereocenters. The fraction of sp³-hybridized carbons (Fsp3) is 0.743. The highest BCUT2D eigenvalue weighted by Gasteiger charge is 2.52. The summed E-state index contributed by atoms with van der Waals surface area (Å²) in [6, 6.07) is -1.32. The van der Waals surface area contributed by atoms with Crippen molar-refractivity contribution in [2.24, 2.45) is 5.73 Å². The maximum absolute atomic E-state index is 14.6. The van der Waals surface area contributed by atoms with E-state index < -0.39 is 127 Å².